The predicted octanol–water partition coefficient (Wildman–Crippen LogP) is 4.37. The Labute approximate surface area is 229 Å². The van der Waals surface area contributed by atoms with Gasteiger partial charge in [0.1, 0.15) is 5.82 Å². The second-order valence-electron chi connectivity index (χ2n) is 7.83. The van der Waals surface area contributed by atoms with E-state index >= 15 is 0 Å². The van der Waals surface area contributed by atoms with Crippen LogP contribution in [0.4, 0.5) is 4.79 Å². The summed E-state index contributed by atoms with van der Waals surface area (Å²) in [6, 6.07) is 1.08. The van der Waals surface area contributed by atoms with E-state index in [4.69, 9.17) is 26.6 Å². The summed E-state index contributed by atoms with van der Waals surface area (Å²) in [6.07, 6.45) is 2.12. The lowest BCUT2D eigenvalue weighted by molar-refractivity contribution is 0.0702. The Balaban J connectivity index is 2.64. The number of carbonyl (C=O) groups excluding carboxylic acids is 1. The molecule has 0 radical (unpaired) electrons. The molecule has 1 N–H and O–H groups in total. The highest BCUT2D eigenvalue weighted by atomic mass is 32.2. The summed E-state index contributed by atoms with van der Waals surface area (Å²) in [5.74, 6) is 1.40. The second kappa shape index (κ2) is 19.3. The van der Waals surface area contributed by atoms with Gasteiger partial charge in [-0.25, -0.2) is 9.78 Å². The SMILES string of the molecule is CCO[Si](CCCNC(=O)n1nc(SCCC[Si](OCC)(OCC)OCC)nc1CC)(OCC)OCC. The van der Waals surface area contributed by atoms with Crippen LogP contribution in [-0.2, 0) is 33.0 Å². The van der Waals surface area contributed by atoms with Crippen LogP contribution in [0.5, 0.6) is 0 Å². The van der Waals surface area contributed by atoms with Crippen molar-refractivity contribution < 1.29 is 31.4 Å². The van der Waals surface area contributed by atoms with Gasteiger partial charge in [-0.3, -0.25) is 0 Å². The summed E-state index contributed by atoms with van der Waals surface area (Å²) < 4.78 is 36.8. The number of rotatable bonds is 22. The van der Waals surface area contributed by atoms with Crippen molar-refractivity contribution >= 4 is 35.4 Å². The Morgan fingerprint density at radius 2 is 1.24 bits per heavy atom. The maximum Gasteiger partial charge on any atom is 0.500 e. The van der Waals surface area contributed by atoms with E-state index in [0.29, 0.717) is 76.1 Å². The van der Waals surface area contributed by atoms with Crippen molar-refractivity contribution in [2.24, 2.45) is 0 Å². The zero-order chi connectivity index (χ0) is 27.6. The van der Waals surface area contributed by atoms with Crippen molar-refractivity contribution in [2.75, 3.05) is 51.9 Å². The van der Waals surface area contributed by atoms with E-state index in [-0.39, 0.29) is 6.03 Å². The van der Waals surface area contributed by atoms with Gasteiger partial charge in [0, 0.05) is 70.4 Å². The fraction of sp³-hybridized carbons (Fsp3) is 0.870. The van der Waals surface area contributed by atoms with Gasteiger partial charge in [0.2, 0.25) is 5.16 Å². The Morgan fingerprint density at radius 1 is 0.784 bits per heavy atom. The van der Waals surface area contributed by atoms with E-state index in [1.54, 1.807) is 0 Å². The quantitative estimate of drug-likeness (QED) is 0.120. The molecular formula is C23H48N4O7SSi2. The smallest absolute Gasteiger partial charge is 0.374 e. The predicted molar refractivity (Wildman–Crippen MR) is 149 cm³/mol. The Morgan fingerprint density at radius 3 is 1.68 bits per heavy atom. The topological polar surface area (TPSA) is 115 Å². The first-order chi connectivity index (χ1) is 17.9. The molecule has 11 nitrogen and oxygen atoms in total. The van der Waals surface area contributed by atoms with Gasteiger partial charge in [-0.2, -0.15) is 4.68 Å². The van der Waals surface area contributed by atoms with Crippen LogP contribution in [0.25, 0.3) is 0 Å². The molecular weight excluding hydrogens is 533 g/mol. The summed E-state index contributed by atoms with van der Waals surface area (Å²) in [6.45, 7) is 17.4. The third-order valence-electron chi connectivity index (χ3n) is 5.14. The molecule has 0 saturated carbocycles. The van der Waals surface area contributed by atoms with E-state index in [1.807, 2.05) is 48.5 Å². The Kier molecular flexibility index (Phi) is 17.8. The third kappa shape index (κ3) is 11.8. The average Bonchev–Trinajstić information content (AvgIpc) is 3.29. The highest BCUT2D eigenvalue weighted by Crippen LogP contribution is 2.23. The van der Waals surface area contributed by atoms with E-state index < -0.39 is 17.6 Å². The highest BCUT2D eigenvalue weighted by molar-refractivity contribution is 7.99. The molecule has 1 heterocycles. The number of carbonyl (C=O) groups is 1. The second-order valence-corrected chi connectivity index (χ2v) is 14.4. The lowest BCUT2D eigenvalue weighted by Gasteiger charge is -2.28. The minimum absolute atomic E-state index is 0.289. The van der Waals surface area contributed by atoms with Gasteiger partial charge in [-0.1, -0.05) is 18.7 Å². The zero-order valence-electron chi connectivity index (χ0n) is 23.8. The Hall–Kier alpha value is -0.846. The normalized spacial score (nSPS) is 12.3. The molecule has 0 aliphatic heterocycles. The molecule has 37 heavy (non-hydrogen) atoms. The number of aromatic nitrogens is 3. The van der Waals surface area contributed by atoms with Gasteiger partial charge in [0.15, 0.2) is 0 Å². The molecule has 1 aromatic rings. The van der Waals surface area contributed by atoms with Crippen LogP contribution in [0.3, 0.4) is 0 Å². The van der Waals surface area contributed by atoms with Crippen molar-refractivity contribution in [1.82, 2.24) is 20.1 Å². The van der Waals surface area contributed by atoms with Crippen molar-refractivity contribution in [3.63, 3.8) is 0 Å². The van der Waals surface area contributed by atoms with E-state index in [9.17, 15) is 4.79 Å². The molecule has 0 bridgehead atoms. The number of hydrogen-bond donors (Lipinski definition) is 1. The molecule has 1 amide bonds. The average molecular weight is 581 g/mol. The van der Waals surface area contributed by atoms with Crippen LogP contribution in [0.2, 0.25) is 12.1 Å². The monoisotopic (exact) mass is 580 g/mol. The lowest BCUT2D eigenvalue weighted by atomic mass is 10.4. The maximum atomic E-state index is 12.8. The molecule has 0 aliphatic rings. The van der Waals surface area contributed by atoms with Crippen LogP contribution >= 0.6 is 11.8 Å². The number of nitrogens with one attached hydrogen (secondary N) is 1. The zero-order valence-corrected chi connectivity index (χ0v) is 26.6. The Bertz CT molecular complexity index is 727. The minimum Gasteiger partial charge on any atom is -0.374 e. The fourth-order valence-electron chi connectivity index (χ4n) is 3.81. The van der Waals surface area contributed by atoms with Crippen LogP contribution in [0.1, 0.15) is 67.1 Å². The fourth-order valence-corrected chi connectivity index (χ4v) is 10.1. The van der Waals surface area contributed by atoms with Crippen LogP contribution in [-0.4, -0.2) is 90.3 Å². The first-order valence-electron chi connectivity index (χ1n) is 13.6. The van der Waals surface area contributed by atoms with Crippen molar-refractivity contribution in [1.29, 1.82) is 0 Å². The van der Waals surface area contributed by atoms with Gasteiger partial charge in [-0.15, -0.1) is 5.10 Å². The summed E-state index contributed by atoms with van der Waals surface area (Å²) in [4.78, 5) is 17.4. The molecule has 0 atom stereocenters. The van der Waals surface area contributed by atoms with E-state index in [1.165, 1.54) is 16.4 Å². The van der Waals surface area contributed by atoms with Gasteiger partial charge in [0.05, 0.1) is 0 Å². The third-order valence-corrected chi connectivity index (χ3v) is 12.4. The largest absolute Gasteiger partial charge is 0.500 e. The van der Waals surface area contributed by atoms with Crippen LogP contribution in [0.15, 0.2) is 5.16 Å². The highest BCUT2D eigenvalue weighted by Gasteiger charge is 2.40. The maximum absolute atomic E-state index is 12.8. The van der Waals surface area contributed by atoms with Gasteiger partial charge >= 0.3 is 23.6 Å². The number of nitrogens with zero attached hydrogens (tertiary/aromatic N) is 3. The summed E-state index contributed by atoms with van der Waals surface area (Å²) in [7, 11) is -5.38. The molecule has 0 fully saturated rings. The minimum atomic E-state index is -2.72. The van der Waals surface area contributed by atoms with Crippen molar-refractivity contribution in [2.45, 2.75) is 85.0 Å². The van der Waals surface area contributed by atoms with E-state index in [2.05, 4.69) is 15.4 Å². The molecule has 0 aliphatic carbocycles. The van der Waals surface area contributed by atoms with Gasteiger partial charge in [-0.05, 0) is 54.4 Å². The molecule has 1 rings (SSSR count). The first kappa shape index (κ1) is 34.2. The van der Waals surface area contributed by atoms with Crippen molar-refractivity contribution in [3.8, 4) is 0 Å². The van der Waals surface area contributed by atoms with Crippen molar-refractivity contribution in [3.05, 3.63) is 5.82 Å². The van der Waals surface area contributed by atoms with Crippen LogP contribution < -0.4 is 5.32 Å². The molecule has 0 spiro atoms. The number of hydrogen-bond acceptors (Lipinski definition) is 10. The summed E-state index contributed by atoms with van der Waals surface area (Å²) in [5.41, 5.74) is 0. The first-order valence-corrected chi connectivity index (χ1v) is 18.4. The number of amides is 1. The lowest BCUT2D eigenvalue weighted by Crippen LogP contribution is -2.46. The molecule has 1 aromatic heterocycles. The van der Waals surface area contributed by atoms with Gasteiger partial charge in [0.25, 0.3) is 0 Å². The molecule has 216 valence electrons. The van der Waals surface area contributed by atoms with E-state index in [0.717, 1.165) is 18.2 Å². The molecule has 0 saturated heterocycles. The molecule has 0 aromatic carbocycles. The van der Waals surface area contributed by atoms with Crippen LogP contribution in [0, 0.1) is 0 Å². The number of thioether (sulfide) groups is 1. The summed E-state index contributed by atoms with van der Waals surface area (Å²) in [5, 5.41) is 7.97. The standard InChI is InChI=1S/C23H48N4O7SSi2/c1-8-21-25-22(35-18-16-20-37(32-12-5,33-13-6)34-14-7)26-27(21)23(28)24-17-15-19-36(29-9-2,30-10-3)31-11-4/h8-20H2,1-7H3,(H,24,28). The van der Waals surface area contributed by atoms with Gasteiger partial charge < -0.3 is 31.9 Å². The number of aryl methyl sites for hydroxylation is 1. The summed E-state index contributed by atoms with van der Waals surface area (Å²) >= 11 is 1.52. The molecule has 0 unspecified atom stereocenters. The molecule has 14 heteroatoms.